The number of carbonyl (C=O) groups is 2. The first kappa shape index (κ1) is 19.1. The zero-order valence-corrected chi connectivity index (χ0v) is 15.3. The third-order valence-electron chi connectivity index (χ3n) is 3.95. The summed E-state index contributed by atoms with van der Waals surface area (Å²) in [5, 5.41) is 2.76. The smallest absolute Gasteiger partial charge is 0.410 e. The fraction of sp³-hybridized carbons (Fsp3) is 0.579. The highest BCUT2D eigenvalue weighted by molar-refractivity contribution is 5.69. The van der Waals surface area contributed by atoms with Gasteiger partial charge >= 0.3 is 12.2 Å². The molecule has 25 heavy (non-hydrogen) atoms. The van der Waals surface area contributed by atoms with Crippen molar-refractivity contribution in [1.29, 1.82) is 0 Å². The Morgan fingerprint density at radius 2 is 1.92 bits per heavy atom. The molecule has 1 aromatic carbocycles. The lowest BCUT2D eigenvalue weighted by Gasteiger charge is -2.35. The van der Waals surface area contributed by atoms with Gasteiger partial charge in [-0.1, -0.05) is 30.3 Å². The normalized spacial score (nSPS) is 17.7. The second-order valence-corrected chi connectivity index (χ2v) is 7.27. The standard InChI is InChI=1S/C19H28N2O4/c1-19(2,3)25-17(22)20-13-16-11-7-8-12-21(16)18(23)24-14-15-9-5-4-6-10-15/h4-6,9-10,16H,7-8,11-14H2,1-3H3,(H,20,22). The van der Waals surface area contributed by atoms with E-state index in [1.165, 1.54) is 0 Å². The fourth-order valence-corrected chi connectivity index (χ4v) is 2.77. The molecule has 0 radical (unpaired) electrons. The summed E-state index contributed by atoms with van der Waals surface area (Å²) in [4.78, 5) is 25.9. The molecule has 1 unspecified atom stereocenters. The lowest BCUT2D eigenvalue weighted by Crippen LogP contribution is -2.50. The van der Waals surface area contributed by atoms with Crippen LogP contribution in [-0.2, 0) is 16.1 Å². The van der Waals surface area contributed by atoms with E-state index in [0.717, 1.165) is 24.8 Å². The Labute approximate surface area is 149 Å². The highest BCUT2D eigenvalue weighted by atomic mass is 16.6. The minimum atomic E-state index is -0.537. The van der Waals surface area contributed by atoms with Crippen LogP contribution in [0.3, 0.4) is 0 Å². The first-order valence-electron chi connectivity index (χ1n) is 8.79. The SMILES string of the molecule is CC(C)(C)OC(=O)NCC1CCCCN1C(=O)OCc1ccccc1. The third-order valence-corrected chi connectivity index (χ3v) is 3.95. The number of piperidine rings is 1. The number of nitrogens with zero attached hydrogens (tertiary/aromatic N) is 1. The lowest BCUT2D eigenvalue weighted by molar-refractivity contribution is 0.0459. The van der Waals surface area contributed by atoms with Gasteiger partial charge in [0.15, 0.2) is 0 Å². The Bertz CT molecular complexity index is 569. The highest BCUT2D eigenvalue weighted by Gasteiger charge is 2.28. The number of rotatable bonds is 4. The van der Waals surface area contributed by atoms with Crippen LogP contribution in [0.15, 0.2) is 30.3 Å². The van der Waals surface area contributed by atoms with Gasteiger partial charge in [-0.15, -0.1) is 0 Å². The van der Waals surface area contributed by atoms with Crippen LogP contribution in [0.2, 0.25) is 0 Å². The maximum absolute atomic E-state index is 12.4. The summed E-state index contributed by atoms with van der Waals surface area (Å²) in [5.41, 5.74) is 0.418. The molecule has 1 aliphatic rings. The molecule has 0 saturated carbocycles. The molecule has 1 fully saturated rings. The quantitative estimate of drug-likeness (QED) is 0.901. The molecular formula is C19H28N2O4. The molecule has 1 aromatic rings. The van der Waals surface area contributed by atoms with Crippen LogP contribution < -0.4 is 5.32 Å². The summed E-state index contributed by atoms with van der Waals surface area (Å²) >= 11 is 0. The molecule has 0 aliphatic carbocycles. The maximum atomic E-state index is 12.4. The fourth-order valence-electron chi connectivity index (χ4n) is 2.77. The molecule has 0 aromatic heterocycles. The van der Waals surface area contributed by atoms with Gasteiger partial charge in [-0.25, -0.2) is 9.59 Å². The van der Waals surface area contributed by atoms with Crippen LogP contribution in [0, 0.1) is 0 Å². The van der Waals surface area contributed by atoms with Crippen LogP contribution in [0.5, 0.6) is 0 Å². The van der Waals surface area contributed by atoms with Crippen molar-refractivity contribution in [3.8, 4) is 0 Å². The summed E-state index contributed by atoms with van der Waals surface area (Å²) in [6, 6.07) is 9.53. The van der Waals surface area contributed by atoms with E-state index in [-0.39, 0.29) is 18.7 Å². The summed E-state index contributed by atoms with van der Waals surface area (Å²) in [6.45, 7) is 6.73. The van der Waals surface area contributed by atoms with E-state index >= 15 is 0 Å². The second-order valence-electron chi connectivity index (χ2n) is 7.27. The van der Waals surface area contributed by atoms with Crippen molar-refractivity contribution < 1.29 is 19.1 Å². The second kappa shape index (κ2) is 8.74. The summed E-state index contributed by atoms with van der Waals surface area (Å²) in [6.07, 6.45) is 2.03. The van der Waals surface area contributed by atoms with Gasteiger partial charge in [0.05, 0.1) is 6.04 Å². The molecule has 1 aliphatic heterocycles. The van der Waals surface area contributed by atoms with E-state index in [9.17, 15) is 9.59 Å². The van der Waals surface area contributed by atoms with Crippen LogP contribution in [0.1, 0.15) is 45.6 Å². The Balaban J connectivity index is 1.84. The highest BCUT2D eigenvalue weighted by Crippen LogP contribution is 2.18. The van der Waals surface area contributed by atoms with Gasteiger partial charge in [-0.05, 0) is 45.6 Å². The molecular weight excluding hydrogens is 320 g/mol. The molecule has 1 atom stereocenters. The topological polar surface area (TPSA) is 67.9 Å². The number of nitrogens with one attached hydrogen (secondary N) is 1. The zero-order chi connectivity index (χ0) is 18.3. The van der Waals surface area contributed by atoms with Crippen molar-refractivity contribution in [3.63, 3.8) is 0 Å². The van der Waals surface area contributed by atoms with Crippen LogP contribution in [0.25, 0.3) is 0 Å². The molecule has 0 bridgehead atoms. The zero-order valence-electron chi connectivity index (χ0n) is 15.3. The molecule has 0 spiro atoms. The van der Waals surface area contributed by atoms with Gasteiger partial charge < -0.3 is 19.7 Å². The minimum absolute atomic E-state index is 0.0652. The van der Waals surface area contributed by atoms with Crippen molar-refractivity contribution in [3.05, 3.63) is 35.9 Å². The van der Waals surface area contributed by atoms with Gasteiger partial charge in [0.2, 0.25) is 0 Å². The number of benzene rings is 1. The summed E-state index contributed by atoms with van der Waals surface area (Å²) < 4.78 is 10.7. The van der Waals surface area contributed by atoms with Crippen LogP contribution >= 0.6 is 0 Å². The van der Waals surface area contributed by atoms with Crippen molar-refractivity contribution in [2.45, 2.75) is 58.3 Å². The summed E-state index contributed by atoms with van der Waals surface area (Å²) in [7, 11) is 0. The van der Waals surface area contributed by atoms with Crippen molar-refractivity contribution in [1.82, 2.24) is 10.2 Å². The van der Waals surface area contributed by atoms with Gasteiger partial charge in [0.25, 0.3) is 0 Å². The number of ether oxygens (including phenoxy) is 2. The lowest BCUT2D eigenvalue weighted by atomic mass is 10.0. The predicted octanol–water partition coefficient (Wildman–Crippen LogP) is 3.70. The molecule has 1 heterocycles. The molecule has 1 N–H and O–H groups in total. The van der Waals surface area contributed by atoms with Crippen LogP contribution in [0.4, 0.5) is 9.59 Å². The van der Waals surface area contributed by atoms with Gasteiger partial charge in [0.1, 0.15) is 12.2 Å². The first-order valence-corrected chi connectivity index (χ1v) is 8.79. The first-order chi connectivity index (χ1) is 11.8. The maximum Gasteiger partial charge on any atom is 0.410 e. The Kier molecular flexibility index (Phi) is 6.67. The van der Waals surface area contributed by atoms with E-state index in [2.05, 4.69) is 5.32 Å². The molecule has 6 heteroatoms. The van der Waals surface area contributed by atoms with Gasteiger partial charge in [-0.3, -0.25) is 0 Å². The average Bonchev–Trinajstić information content (AvgIpc) is 2.57. The van der Waals surface area contributed by atoms with Crippen molar-refractivity contribution >= 4 is 12.2 Å². The summed E-state index contributed by atoms with van der Waals surface area (Å²) in [5.74, 6) is 0. The average molecular weight is 348 g/mol. The Morgan fingerprint density at radius 3 is 2.60 bits per heavy atom. The van der Waals surface area contributed by atoms with E-state index < -0.39 is 11.7 Å². The molecule has 6 nitrogen and oxygen atoms in total. The van der Waals surface area contributed by atoms with E-state index in [4.69, 9.17) is 9.47 Å². The van der Waals surface area contributed by atoms with E-state index in [0.29, 0.717) is 13.1 Å². The number of hydrogen-bond acceptors (Lipinski definition) is 4. The van der Waals surface area contributed by atoms with Crippen molar-refractivity contribution in [2.24, 2.45) is 0 Å². The minimum Gasteiger partial charge on any atom is -0.445 e. The van der Waals surface area contributed by atoms with Gasteiger partial charge in [0, 0.05) is 13.1 Å². The molecule has 1 saturated heterocycles. The number of carbonyl (C=O) groups excluding carboxylic acids is 2. The Morgan fingerprint density at radius 1 is 1.20 bits per heavy atom. The number of hydrogen-bond donors (Lipinski definition) is 1. The molecule has 2 amide bonds. The van der Waals surface area contributed by atoms with Crippen molar-refractivity contribution in [2.75, 3.05) is 13.1 Å². The molecule has 2 rings (SSSR count). The van der Waals surface area contributed by atoms with Crippen LogP contribution in [-0.4, -0.2) is 41.8 Å². The Hall–Kier alpha value is -2.24. The predicted molar refractivity (Wildman–Crippen MR) is 95.2 cm³/mol. The number of likely N-dealkylation sites (tertiary alicyclic amines) is 1. The van der Waals surface area contributed by atoms with E-state index in [1.807, 2.05) is 51.1 Å². The third kappa shape index (κ3) is 6.64. The van der Waals surface area contributed by atoms with E-state index in [1.54, 1.807) is 4.90 Å². The largest absolute Gasteiger partial charge is 0.445 e. The number of amides is 2. The monoisotopic (exact) mass is 348 g/mol. The molecule has 138 valence electrons. The van der Waals surface area contributed by atoms with Gasteiger partial charge in [-0.2, -0.15) is 0 Å². The number of alkyl carbamates (subject to hydrolysis) is 1.